The van der Waals surface area contributed by atoms with Crippen molar-refractivity contribution in [2.24, 2.45) is 0 Å². The van der Waals surface area contributed by atoms with Crippen LogP contribution in [0.15, 0.2) is 24.3 Å². The molecular formula is C16H23ClO. The zero-order valence-corrected chi connectivity index (χ0v) is 12.3. The van der Waals surface area contributed by atoms with Gasteiger partial charge in [-0.2, -0.15) is 0 Å². The van der Waals surface area contributed by atoms with Gasteiger partial charge in [-0.05, 0) is 51.5 Å². The second-order valence-corrected chi connectivity index (χ2v) is 6.34. The topological polar surface area (TPSA) is 9.23 Å². The third-order valence-electron chi connectivity index (χ3n) is 3.84. The first kappa shape index (κ1) is 13.9. The molecule has 0 aliphatic carbocycles. The Bertz CT molecular complexity index is 383. The van der Waals surface area contributed by atoms with E-state index in [9.17, 15) is 0 Å². The summed E-state index contributed by atoms with van der Waals surface area (Å²) in [5.41, 5.74) is 2.68. The fourth-order valence-electron chi connectivity index (χ4n) is 2.69. The Labute approximate surface area is 115 Å². The molecule has 0 N–H and O–H groups in total. The molecular weight excluding hydrogens is 244 g/mol. The summed E-state index contributed by atoms with van der Waals surface area (Å²) >= 11 is 6.14. The predicted octanol–water partition coefficient (Wildman–Crippen LogP) is 4.67. The lowest BCUT2D eigenvalue weighted by Crippen LogP contribution is -2.21. The minimum Gasteiger partial charge on any atom is -0.372 e. The summed E-state index contributed by atoms with van der Waals surface area (Å²) in [6, 6.07) is 8.72. The molecule has 2 heteroatoms. The Morgan fingerprint density at radius 3 is 2.50 bits per heavy atom. The first-order valence-corrected chi connectivity index (χ1v) is 7.34. The second-order valence-electron chi connectivity index (χ2n) is 6.04. The summed E-state index contributed by atoms with van der Waals surface area (Å²) in [5.74, 6) is 1.08. The molecule has 0 radical (unpaired) electrons. The number of alkyl halides is 1. The Morgan fingerprint density at radius 1 is 1.33 bits per heavy atom. The van der Waals surface area contributed by atoms with E-state index < -0.39 is 0 Å². The maximum absolute atomic E-state index is 6.14. The Balaban J connectivity index is 2.00. The Hall–Kier alpha value is -0.530. The van der Waals surface area contributed by atoms with E-state index in [-0.39, 0.29) is 5.60 Å². The lowest BCUT2D eigenvalue weighted by atomic mass is 9.93. The second kappa shape index (κ2) is 5.63. The van der Waals surface area contributed by atoms with Crippen molar-refractivity contribution in [2.75, 3.05) is 5.88 Å². The molecule has 0 aromatic heterocycles. The van der Waals surface area contributed by atoms with Crippen molar-refractivity contribution in [3.8, 4) is 0 Å². The van der Waals surface area contributed by atoms with Gasteiger partial charge in [-0.25, -0.2) is 0 Å². The van der Waals surface area contributed by atoms with Crippen LogP contribution in [0, 0.1) is 6.92 Å². The van der Waals surface area contributed by atoms with Crippen LogP contribution >= 0.6 is 11.6 Å². The molecule has 0 saturated carbocycles. The highest BCUT2D eigenvalue weighted by Gasteiger charge is 2.32. The summed E-state index contributed by atoms with van der Waals surface area (Å²) in [7, 11) is 0. The van der Waals surface area contributed by atoms with Gasteiger partial charge < -0.3 is 4.74 Å². The predicted molar refractivity (Wildman–Crippen MR) is 77.4 cm³/mol. The fraction of sp³-hybridized carbons (Fsp3) is 0.625. The van der Waals surface area contributed by atoms with Crippen LogP contribution in [0.4, 0.5) is 0 Å². The molecule has 100 valence electrons. The summed E-state index contributed by atoms with van der Waals surface area (Å²) < 4.78 is 6.07. The Morgan fingerprint density at radius 2 is 2.00 bits per heavy atom. The van der Waals surface area contributed by atoms with Crippen LogP contribution in [0.2, 0.25) is 0 Å². The molecule has 2 rings (SSSR count). The average molecular weight is 267 g/mol. The van der Waals surface area contributed by atoms with E-state index in [2.05, 4.69) is 45.0 Å². The summed E-state index contributed by atoms with van der Waals surface area (Å²) in [4.78, 5) is 0. The maximum Gasteiger partial charge on any atom is 0.0631 e. The summed E-state index contributed by atoms with van der Waals surface area (Å²) in [6.07, 6.45) is 3.72. The quantitative estimate of drug-likeness (QED) is 0.720. The van der Waals surface area contributed by atoms with Crippen molar-refractivity contribution in [3.63, 3.8) is 0 Å². The monoisotopic (exact) mass is 266 g/mol. The molecule has 1 heterocycles. The highest BCUT2D eigenvalue weighted by molar-refractivity contribution is 6.18. The lowest BCUT2D eigenvalue weighted by molar-refractivity contribution is -0.0202. The lowest BCUT2D eigenvalue weighted by Gasteiger charge is -2.22. The van der Waals surface area contributed by atoms with Crippen LogP contribution in [-0.4, -0.2) is 17.6 Å². The number of ether oxygens (including phenoxy) is 1. The van der Waals surface area contributed by atoms with Crippen molar-refractivity contribution in [3.05, 3.63) is 35.4 Å². The minimum atomic E-state index is 0.0504. The number of hydrogen-bond donors (Lipinski definition) is 0. The van der Waals surface area contributed by atoms with Crippen LogP contribution in [0.3, 0.4) is 0 Å². The smallest absolute Gasteiger partial charge is 0.0631 e. The zero-order chi connectivity index (χ0) is 13.2. The van der Waals surface area contributed by atoms with Crippen molar-refractivity contribution in [2.45, 2.75) is 57.7 Å². The highest BCUT2D eigenvalue weighted by atomic mass is 35.5. The third kappa shape index (κ3) is 3.49. The van der Waals surface area contributed by atoms with E-state index in [1.165, 1.54) is 11.1 Å². The first-order chi connectivity index (χ1) is 8.50. The van der Waals surface area contributed by atoms with Crippen LogP contribution in [0.5, 0.6) is 0 Å². The number of halogens is 1. The van der Waals surface area contributed by atoms with E-state index in [0.29, 0.717) is 17.9 Å². The van der Waals surface area contributed by atoms with E-state index in [1.54, 1.807) is 0 Å². The first-order valence-electron chi connectivity index (χ1n) is 6.80. The van der Waals surface area contributed by atoms with Crippen molar-refractivity contribution >= 4 is 11.6 Å². The average Bonchev–Trinajstić information content (AvgIpc) is 2.67. The summed E-state index contributed by atoms with van der Waals surface area (Å²) in [6.45, 7) is 6.46. The SMILES string of the molecule is Cc1ccc(C(CCl)CC2CCC(C)(C)O2)cc1. The third-order valence-corrected chi connectivity index (χ3v) is 4.21. The van der Waals surface area contributed by atoms with E-state index in [0.717, 1.165) is 19.3 Å². The molecule has 2 atom stereocenters. The largest absolute Gasteiger partial charge is 0.372 e. The standard InChI is InChI=1S/C16H23ClO/c1-12-4-6-13(7-5-12)14(11-17)10-15-8-9-16(2,3)18-15/h4-7,14-15H,8-11H2,1-3H3. The molecule has 0 spiro atoms. The summed E-state index contributed by atoms with van der Waals surface area (Å²) in [5, 5.41) is 0. The van der Waals surface area contributed by atoms with Gasteiger partial charge in [0.2, 0.25) is 0 Å². The molecule has 1 aromatic carbocycles. The van der Waals surface area contributed by atoms with Gasteiger partial charge in [0.1, 0.15) is 0 Å². The number of hydrogen-bond acceptors (Lipinski definition) is 1. The van der Waals surface area contributed by atoms with E-state index in [1.807, 2.05) is 0 Å². The molecule has 0 bridgehead atoms. The maximum atomic E-state index is 6.14. The van der Waals surface area contributed by atoms with Gasteiger partial charge in [0, 0.05) is 5.88 Å². The molecule has 18 heavy (non-hydrogen) atoms. The van der Waals surface area contributed by atoms with Gasteiger partial charge in [-0.3, -0.25) is 0 Å². The van der Waals surface area contributed by atoms with Crippen LogP contribution < -0.4 is 0 Å². The minimum absolute atomic E-state index is 0.0504. The van der Waals surface area contributed by atoms with Gasteiger partial charge in [0.15, 0.2) is 0 Å². The molecule has 1 saturated heterocycles. The van der Waals surface area contributed by atoms with Crippen LogP contribution in [0.1, 0.15) is 50.2 Å². The van der Waals surface area contributed by atoms with Gasteiger partial charge >= 0.3 is 0 Å². The normalized spacial score (nSPS) is 24.1. The van der Waals surface area contributed by atoms with Crippen molar-refractivity contribution in [1.82, 2.24) is 0 Å². The molecule has 0 amide bonds. The van der Waals surface area contributed by atoms with Gasteiger partial charge in [-0.15, -0.1) is 11.6 Å². The molecule has 1 aromatic rings. The van der Waals surface area contributed by atoms with E-state index >= 15 is 0 Å². The van der Waals surface area contributed by atoms with E-state index in [4.69, 9.17) is 16.3 Å². The Kier molecular flexibility index (Phi) is 4.34. The van der Waals surface area contributed by atoms with Crippen LogP contribution in [0.25, 0.3) is 0 Å². The van der Waals surface area contributed by atoms with Crippen LogP contribution in [-0.2, 0) is 4.74 Å². The highest BCUT2D eigenvalue weighted by Crippen LogP contribution is 2.35. The number of rotatable bonds is 4. The molecule has 1 nitrogen and oxygen atoms in total. The molecule has 1 fully saturated rings. The molecule has 1 aliphatic rings. The number of benzene rings is 1. The molecule has 1 aliphatic heterocycles. The van der Waals surface area contributed by atoms with Crippen molar-refractivity contribution < 1.29 is 4.74 Å². The zero-order valence-electron chi connectivity index (χ0n) is 11.6. The van der Waals surface area contributed by atoms with Crippen molar-refractivity contribution in [1.29, 1.82) is 0 Å². The molecule has 2 unspecified atom stereocenters. The number of aryl methyl sites for hydroxylation is 1. The van der Waals surface area contributed by atoms with Gasteiger partial charge in [-0.1, -0.05) is 29.8 Å². The van der Waals surface area contributed by atoms with Gasteiger partial charge in [0.25, 0.3) is 0 Å². The van der Waals surface area contributed by atoms with Gasteiger partial charge in [0.05, 0.1) is 11.7 Å². The fourth-order valence-corrected chi connectivity index (χ4v) is 2.99.